The zero-order valence-corrected chi connectivity index (χ0v) is 10.5. The van der Waals surface area contributed by atoms with E-state index in [2.05, 4.69) is 5.32 Å². The Labute approximate surface area is 109 Å². The van der Waals surface area contributed by atoms with Gasteiger partial charge in [-0.05, 0) is 24.1 Å². The van der Waals surface area contributed by atoms with Crippen LogP contribution in [0.2, 0.25) is 0 Å². The highest BCUT2D eigenvalue weighted by atomic mass is 19.4. The van der Waals surface area contributed by atoms with Crippen molar-refractivity contribution >= 4 is 5.91 Å². The van der Waals surface area contributed by atoms with Crippen molar-refractivity contribution in [2.75, 3.05) is 13.1 Å². The highest BCUT2D eigenvalue weighted by Crippen LogP contribution is 2.31. The second-order valence-electron chi connectivity index (χ2n) is 4.49. The number of carbonyl (C=O) groups excluding carboxylic acids is 1. The van der Waals surface area contributed by atoms with E-state index in [9.17, 15) is 18.0 Å². The number of nitrogens with zero attached hydrogens (tertiary/aromatic N) is 1. The molecule has 6 heteroatoms. The number of hydrogen-bond donors (Lipinski definition) is 1. The molecule has 1 saturated heterocycles. The predicted molar refractivity (Wildman–Crippen MR) is 64.2 cm³/mol. The first kappa shape index (κ1) is 13.9. The second kappa shape index (κ2) is 5.21. The van der Waals surface area contributed by atoms with Gasteiger partial charge >= 0.3 is 6.18 Å². The Morgan fingerprint density at radius 2 is 1.95 bits per heavy atom. The molecule has 0 bridgehead atoms. The minimum Gasteiger partial charge on any atom is -0.322 e. The van der Waals surface area contributed by atoms with E-state index in [4.69, 9.17) is 0 Å². The average Bonchev–Trinajstić information content (AvgIpc) is 2.71. The van der Waals surface area contributed by atoms with E-state index in [0.29, 0.717) is 12.1 Å². The van der Waals surface area contributed by atoms with Crippen molar-refractivity contribution in [1.29, 1.82) is 0 Å². The third-order valence-electron chi connectivity index (χ3n) is 3.10. The van der Waals surface area contributed by atoms with Crippen molar-refractivity contribution in [2.45, 2.75) is 25.7 Å². The fraction of sp³-hybridized carbons (Fsp3) is 0.462. The summed E-state index contributed by atoms with van der Waals surface area (Å²) in [6, 6.07) is 4.93. The molecule has 1 N–H and O–H groups in total. The largest absolute Gasteiger partial charge is 0.416 e. The SMILES string of the molecule is CCCN1C(=O)CNC1c1ccc(C(F)(F)F)cc1. The standard InChI is InChI=1S/C13H15F3N2O/c1-2-7-18-11(19)8-17-12(18)9-3-5-10(6-4-9)13(14,15)16/h3-6,12,17H,2,7-8H2,1H3. The molecule has 1 amide bonds. The average molecular weight is 272 g/mol. The van der Waals surface area contributed by atoms with Crippen LogP contribution >= 0.6 is 0 Å². The summed E-state index contributed by atoms with van der Waals surface area (Å²) in [5, 5.41) is 3.01. The Kier molecular flexibility index (Phi) is 3.80. The van der Waals surface area contributed by atoms with Crippen LogP contribution in [0.5, 0.6) is 0 Å². The van der Waals surface area contributed by atoms with Crippen LogP contribution in [0.25, 0.3) is 0 Å². The molecule has 1 fully saturated rings. The first-order valence-corrected chi connectivity index (χ1v) is 6.13. The summed E-state index contributed by atoms with van der Waals surface area (Å²) in [5.41, 5.74) is -0.00471. The second-order valence-corrected chi connectivity index (χ2v) is 4.49. The number of rotatable bonds is 3. The van der Waals surface area contributed by atoms with Crippen LogP contribution in [-0.2, 0) is 11.0 Å². The summed E-state index contributed by atoms with van der Waals surface area (Å²) >= 11 is 0. The van der Waals surface area contributed by atoms with E-state index in [0.717, 1.165) is 18.6 Å². The summed E-state index contributed by atoms with van der Waals surface area (Å²) < 4.78 is 37.4. The Morgan fingerprint density at radius 1 is 1.32 bits per heavy atom. The summed E-state index contributed by atoms with van der Waals surface area (Å²) in [6.07, 6.45) is -3.85. The molecule has 1 atom stereocenters. The number of alkyl halides is 3. The van der Waals surface area contributed by atoms with E-state index in [1.165, 1.54) is 12.1 Å². The topological polar surface area (TPSA) is 32.3 Å². The maximum Gasteiger partial charge on any atom is 0.416 e. The van der Waals surface area contributed by atoms with Crippen molar-refractivity contribution < 1.29 is 18.0 Å². The fourth-order valence-electron chi connectivity index (χ4n) is 2.19. The van der Waals surface area contributed by atoms with Gasteiger partial charge in [-0.15, -0.1) is 0 Å². The predicted octanol–water partition coefficient (Wildman–Crippen LogP) is 2.55. The van der Waals surface area contributed by atoms with Gasteiger partial charge in [-0.2, -0.15) is 13.2 Å². The van der Waals surface area contributed by atoms with Crippen LogP contribution in [0.4, 0.5) is 13.2 Å². The van der Waals surface area contributed by atoms with E-state index < -0.39 is 11.7 Å². The Hall–Kier alpha value is -1.56. The molecule has 1 heterocycles. The number of amides is 1. The molecule has 1 aromatic rings. The van der Waals surface area contributed by atoms with Gasteiger partial charge < -0.3 is 4.90 Å². The van der Waals surface area contributed by atoms with Crippen LogP contribution in [0.3, 0.4) is 0 Å². The van der Waals surface area contributed by atoms with Gasteiger partial charge in [0.2, 0.25) is 5.91 Å². The monoisotopic (exact) mass is 272 g/mol. The zero-order chi connectivity index (χ0) is 14.0. The fourth-order valence-corrected chi connectivity index (χ4v) is 2.19. The summed E-state index contributed by atoms with van der Waals surface area (Å²) in [4.78, 5) is 13.3. The van der Waals surface area contributed by atoms with Gasteiger partial charge in [0.25, 0.3) is 0 Å². The molecular weight excluding hydrogens is 257 g/mol. The third kappa shape index (κ3) is 2.89. The van der Waals surface area contributed by atoms with Gasteiger partial charge in [0.05, 0.1) is 12.1 Å². The van der Waals surface area contributed by atoms with Gasteiger partial charge in [0, 0.05) is 6.54 Å². The summed E-state index contributed by atoms with van der Waals surface area (Å²) in [5.74, 6) is -0.0215. The minimum atomic E-state index is -4.33. The smallest absolute Gasteiger partial charge is 0.322 e. The molecule has 2 rings (SSSR count). The summed E-state index contributed by atoms with van der Waals surface area (Å²) in [7, 11) is 0. The lowest BCUT2D eigenvalue weighted by atomic mass is 10.1. The minimum absolute atomic E-state index is 0.0215. The maximum atomic E-state index is 12.5. The van der Waals surface area contributed by atoms with E-state index in [-0.39, 0.29) is 18.6 Å². The first-order chi connectivity index (χ1) is 8.93. The zero-order valence-electron chi connectivity index (χ0n) is 10.5. The van der Waals surface area contributed by atoms with Crippen molar-refractivity contribution in [2.24, 2.45) is 0 Å². The molecule has 0 radical (unpaired) electrons. The van der Waals surface area contributed by atoms with Crippen LogP contribution in [-0.4, -0.2) is 23.9 Å². The van der Waals surface area contributed by atoms with Crippen LogP contribution < -0.4 is 5.32 Å². The lowest BCUT2D eigenvalue weighted by molar-refractivity contribution is -0.137. The Balaban J connectivity index is 2.20. The van der Waals surface area contributed by atoms with Gasteiger partial charge in [-0.3, -0.25) is 10.1 Å². The normalized spacial score (nSPS) is 20.1. The highest BCUT2D eigenvalue weighted by Gasteiger charge is 2.33. The number of hydrogen-bond acceptors (Lipinski definition) is 2. The lowest BCUT2D eigenvalue weighted by Gasteiger charge is -2.24. The molecule has 1 aliphatic heterocycles. The number of benzene rings is 1. The molecular formula is C13H15F3N2O. The molecule has 1 aromatic carbocycles. The number of halogens is 3. The van der Waals surface area contributed by atoms with Crippen LogP contribution in [0, 0.1) is 0 Å². The molecule has 0 aliphatic carbocycles. The Bertz CT molecular complexity index is 456. The van der Waals surface area contributed by atoms with E-state index in [1.54, 1.807) is 4.90 Å². The molecule has 1 unspecified atom stereocenters. The van der Waals surface area contributed by atoms with Crippen molar-refractivity contribution in [3.63, 3.8) is 0 Å². The van der Waals surface area contributed by atoms with Crippen molar-refractivity contribution in [3.8, 4) is 0 Å². The highest BCUT2D eigenvalue weighted by molar-refractivity contribution is 5.80. The lowest BCUT2D eigenvalue weighted by Crippen LogP contribution is -2.30. The molecule has 104 valence electrons. The first-order valence-electron chi connectivity index (χ1n) is 6.13. The number of carbonyl (C=O) groups is 1. The summed E-state index contributed by atoms with van der Waals surface area (Å²) in [6.45, 7) is 2.78. The molecule has 0 spiro atoms. The molecule has 3 nitrogen and oxygen atoms in total. The third-order valence-corrected chi connectivity index (χ3v) is 3.10. The van der Waals surface area contributed by atoms with E-state index >= 15 is 0 Å². The molecule has 0 saturated carbocycles. The van der Waals surface area contributed by atoms with Crippen molar-refractivity contribution in [3.05, 3.63) is 35.4 Å². The van der Waals surface area contributed by atoms with Crippen LogP contribution in [0.15, 0.2) is 24.3 Å². The van der Waals surface area contributed by atoms with Gasteiger partial charge in [-0.25, -0.2) is 0 Å². The van der Waals surface area contributed by atoms with E-state index in [1.807, 2.05) is 6.92 Å². The quantitative estimate of drug-likeness (QED) is 0.917. The molecule has 1 aliphatic rings. The van der Waals surface area contributed by atoms with Gasteiger partial charge in [0.1, 0.15) is 6.17 Å². The van der Waals surface area contributed by atoms with Crippen LogP contribution in [0.1, 0.15) is 30.6 Å². The number of nitrogens with one attached hydrogen (secondary N) is 1. The van der Waals surface area contributed by atoms with Crippen molar-refractivity contribution in [1.82, 2.24) is 10.2 Å². The Morgan fingerprint density at radius 3 is 2.47 bits per heavy atom. The molecule has 19 heavy (non-hydrogen) atoms. The van der Waals surface area contributed by atoms with Gasteiger partial charge in [-0.1, -0.05) is 19.1 Å². The maximum absolute atomic E-state index is 12.5. The van der Waals surface area contributed by atoms with Gasteiger partial charge in [0.15, 0.2) is 0 Å². The molecule has 0 aromatic heterocycles.